The number of nitrogen functional groups attached to an aromatic ring is 1. The molecule has 0 spiro atoms. The molecule has 0 amide bonds. The van der Waals surface area contributed by atoms with Gasteiger partial charge >= 0.3 is 5.97 Å². The molecule has 0 saturated heterocycles. The summed E-state index contributed by atoms with van der Waals surface area (Å²) >= 11 is 0. The number of hydrogen-bond donors (Lipinski definition) is 1. The third kappa shape index (κ3) is 2.69. The van der Waals surface area contributed by atoms with Gasteiger partial charge in [-0.1, -0.05) is 18.2 Å². The van der Waals surface area contributed by atoms with E-state index in [9.17, 15) is 4.79 Å². The number of esters is 1. The summed E-state index contributed by atoms with van der Waals surface area (Å²) in [7, 11) is 1.59. The molecule has 2 aromatic carbocycles. The number of nitrogens with zero attached hydrogens (tertiary/aromatic N) is 1. The lowest BCUT2D eigenvalue weighted by Crippen LogP contribution is -2.05. The van der Waals surface area contributed by atoms with E-state index in [4.69, 9.17) is 15.2 Å². The van der Waals surface area contributed by atoms with Crippen LogP contribution in [0.25, 0.3) is 6.08 Å². The van der Waals surface area contributed by atoms with Crippen LogP contribution >= 0.6 is 0 Å². The maximum absolute atomic E-state index is 11.9. The maximum atomic E-state index is 11.9. The highest BCUT2D eigenvalue weighted by Crippen LogP contribution is 2.22. The Bertz CT molecular complexity index is 777. The van der Waals surface area contributed by atoms with E-state index >= 15 is 0 Å². The SMILES string of the molecule is COc1ccc(C2=N/C(=C\c3ccccc3N)C(=O)O2)cc1. The van der Waals surface area contributed by atoms with E-state index in [1.165, 1.54) is 0 Å². The summed E-state index contributed by atoms with van der Waals surface area (Å²) in [6.07, 6.45) is 1.62. The molecule has 22 heavy (non-hydrogen) atoms. The van der Waals surface area contributed by atoms with E-state index in [-0.39, 0.29) is 11.6 Å². The molecule has 5 nitrogen and oxygen atoms in total. The van der Waals surface area contributed by atoms with Crippen molar-refractivity contribution >= 4 is 23.6 Å². The van der Waals surface area contributed by atoms with Gasteiger partial charge < -0.3 is 15.2 Å². The van der Waals surface area contributed by atoms with Gasteiger partial charge in [-0.2, -0.15) is 0 Å². The summed E-state index contributed by atoms with van der Waals surface area (Å²) in [4.78, 5) is 16.2. The number of cyclic esters (lactones) is 1. The lowest BCUT2D eigenvalue weighted by molar-refractivity contribution is -0.129. The summed E-state index contributed by atoms with van der Waals surface area (Å²) < 4.78 is 10.3. The van der Waals surface area contributed by atoms with Crippen LogP contribution < -0.4 is 10.5 Å². The number of para-hydroxylation sites is 1. The van der Waals surface area contributed by atoms with E-state index in [2.05, 4.69) is 4.99 Å². The zero-order valence-electron chi connectivity index (χ0n) is 11.9. The topological polar surface area (TPSA) is 73.9 Å². The Labute approximate surface area is 127 Å². The lowest BCUT2D eigenvalue weighted by atomic mass is 10.1. The number of aliphatic imine (C=N–C) groups is 1. The molecule has 0 aromatic heterocycles. The zero-order chi connectivity index (χ0) is 15.5. The van der Waals surface area contributed by atoms with Crippen molar-refractivity contribution in [1.29, 1.82) is 0 Å². The molecular weight excluding hydrogens is 280 g/mol. The Kier molecular flexibility index (Phi) is 3.62. The van der Waals surface area contributed by atoms with Gasteiger partial charge in [0.25, 0.3) is 0 Å². The van der Waals surface area contributed by atoms with Gasteiger partial charge in [-0.25, -0.2) is 9.79 Å². The smallest absolute Gasteiger partial charge is 0.363 e. The first kappa shape index (κ1) is 13.9. The van der Waals surface area contributed by atoms with E-state index < -0.39 is 5.97 Å². The maximum Gasteiger partial charge on any atom is 0.363 e. The predicted molar refractivity (Wildman–Crippen MR) is 84.5 cm³/mol. The fourth-order valence-corrected chi connectivity index (χ4v) is 2.06. The van der Waals surface area contributed by atoms with Crippen LogP contribution in [0.2, 0.25) is 0 Å². The molecule has 110 valence electrons. The molecular formula is C17H14N2O3. The van der Waals surface area contributed by atoms with Gasteiger partial charge in [0.2, 0.25) is 5.90 Å². The number of carbonyl (C=O) groups is 1. The Morgan fingerprint density at radius 3 is 2.55 bits per heavy atom. The molecule has 0 atom stereocenters. The number of nitrogens with two attached hydrogens (primary N) is 1. The first-order chi connectivity index (χ1) is 10.7. The quantitative estimate of drug-likeness (QED) is 0.536. The Balaban J connectivity index is 1.92. The van der Waals surface area contributed by atoms with E-state index in [1.54, 1.807) is 43.5 Å². The minimum atomic E-state index is -0.492. The average molecular weight is 294 g/mol. The summed E-state index contributed by atoms with van der Waals surface area (Å²) in [6.45, 7) is 0. The first-order valence-corrected chi connectivity index (χ1v) is 6.69. The number of methoxy groups -OCH3 is 1. The fraction of sp³-hybridized carbons (Fsp3) is 0.0588. The second kappa shape index (κ2) is 5.73. The highest BCUT2D eigenvalue weighted by Gasteiger charge is 2.24. The number of hydrogen-bond acceptors (Lipinski definition) is 5. The largest absolute Gasteiger partial charge is 0.497 e. The van der Waals surface area contributed by atoms with Crippen molar-refractivity contribution in [2.24, 2.45) is 4.99 Å². The molecule has 0 unspecified atom stereocenters. The van der Waals surface area contributed by atoms with Crippen molar-refractivity contribution in [2.75, 3.05) is 12.8 Å². The number of carbonyl (C=O) groups excluding carboxylic acids is 1. The van der Waals surface area contributed by atoms with Gasteiger partial charge in [0, 0.05) is 11.3 Å². The van der Waals surface area contributed by atoms with Crippen LogP contribution in [0.1, 0.15) is 11.1 Å². The van der Waals surface area contributed by atoms with Gasteiger partial charge in [-0.15, -0.1) is 0 Å². The van der Waals surface area contributed by atoms with Crippen LogP contribution in [0.4, 0.5) is 5.69 Å². The molecule has 2 aromatic rings. The summed E-state index contributed by atoms with van der Waals surface area (Å²) in [5, 5.41) is 0. The van der Waals surface area contributed by atoms with Crippen molar-refractivity contribution in [2.45, 2.75) is 0 Å². The van der Waals surface area contributed by atoms with Crippen molar-refractivity contribution < 1.29 is 14.3 Å². The van der Waals surface area contributed by atoms with Crippen LogP contribution in [0.15, 0.2) is 59.2 Å². The van der Waals surface area contributed by atoms with Crippen LogP contribution in [-0.4, -0.2) is 19.0 Å². The van der Waals surface area contributed by atoms with Crippen LogP contribution in [-0.2, 0) is 9.53 Å². The number of anilines is 1. The molecule has 0 radical (unpaired) electrons. The minimum absolute atomic E-state index is 0.226. The van der Waals surface area contributed by atoms with Gasteiger partial charge in [-0.05, 0) is 42.0 Å². The number of rotatable bonds is 3. The number of ether oxygens (including phenoxy) is 2. The number of benzene rings is 2. The molecule has 1 aliphatic rings. The van der Waals surface area contributed by atoms with E-state index in [1.807, 2.05) is 18.2 Å². The minimum Gasteiger partial charge on any atom is -0.497 e. The van der Waals surface area contributed by atoms with Crippen molar-refractivity contribution in [3.05, 3.63) is 65.4 Å². The molecule has 0 bridgehead atoms. The van der Waals surface area contributed by atoms with E-state index in [0.717, 1.165) is 11.3 Å². The van der Waals surface area contributed by atoms with Gasteiger partial charge in [-0.3, -0.25) is 0 Å². The van der Waals surface area contributed by atoms with Crippen molar-refractivity contribution in [3.8, 4) is 5.75 Å². The molecule has 3 rings (SSSR count). The zero-order valence-corrected chi connectivity index (χ0v) is 11.9. The molecule has 0 aliphatic carbocycles. The molecule has 2 N–H and O–H groups in total. The first-order valence-electron chi connectivity index (χ1n) is 6.69. The molecule has 0 fully saturated rings. The van der Waals surface area contributed by atoms with Crippen LogP contribution in [0.5, 0.6) is 5.75 Å². The Hall–Kier alpha value is -3.08. The monoisotopic (exact) mass is 294 g/mol. The normalized spacial score (nSPS) is 15.6. The Morgan fingerprint density at radius 2 is 1.86 bits per heavy atom. The average Bonchev–Trinajstić information content (AvgIpc) is 2.91. The summed E-state index contributed by atoms with van der Waals surface area (Å²) in [6, 6.07) is 14.4. The van der Waals surface area contributed by atoms with Gasteiger partial charge in [0.1, 0.15) is 5.75 Å². The third-order valence-electron chi connectivity index (χ3n) is 3.25. The molecule has 5 heteroatoms. The highest BCUT2D eigenvalue weighted by atomic mass is 16.6. The Morgan fingerprint density at radius 1 is 1.14 bits per heavy atom. The van der Waals surface area contributed by atoms with Crippen molar-refractivity contribution in [3.63, 3.8) is 0 Å². The fourth-order valence-electron chi connectivity index (χ4n) is 2.06. The summed E-state index contributed by atoms with van der Waals surface area (Å²) in [5.74, 6) is 0.504. The third-order valence-corrected chi connectivity index (χ3v) is 3.25. The predicted octanol–water partition coefficient (Wildman–Crippen LogP) is 2.62. The molecule has 1 aliphatic heterocycles. The molecule has 1 heterocycles. The van der Waals surface area contributed by atoms with Crippen LogP contribution in [0.3, 0.4) is 0 Å². The van der Waals surface area contributed by atoms with Gasteiger partial charge in [0.05, 0.1) is 7.11 Å². The summed E-state index contributed by atoms with van der Waals surface area (Å²) in [5.41, 5.74) is 8.11. The highest BCUT2D eigenvalue weighted by molar-refractivity contribution is 6.13. The standard InChI is InChI=1S/C17H14N2O3/c1-21-13-8-6-11(7-9-13)16-19-15(17(20)22-16)10-12-4-2-3-5-14(12)18/h2-10H,18H2,1H3/b15-10-. The van der Waals surface area contributed by atoms with E-state index in [0.29, 0.717) is 11.3 Å². The van der Waals surface area contributed by atoms with Crippen LogP contribution in [0, 0.1) is 0 Å². The second-order valence-corrected chi connectivity index (χ2v) is 4.69. The second-order valence-electron chi connectivity index (χ2n) is 4.69. The molecule has 0 saturated carbocycles. The lowest BCUT2D eigenvalue weighted by Gasteiger charge is -2.01. The van der Waals surface area contributed by atoms with Gasteiger partial charge in [0.15, 0.2) is 5.70 Å². The van der Waals surface area contributed by atoms with Crippen molar-refractivity contribution in [1.82, 2.24) is 0 Å².